The van der Waals surface area contributed by atoms with E-state index in [-0.39, 0.29) is 10.4 Å². The summed E-state index contributed by atoms with van der Waals surface area (Å²) in [5, 5.41) is 2.85. The van der Waals surface area contributed by atoms with E-state index >= 15 is 0 Å². The number of nitrogens with zero attached hydrogens (tertiary/aromatic N) is 2. The van der Waals surface area contributed by atoms with Crippen molar-refractivity contribution in [3.05, 3.63) is 45.0 Å². The first-order chi connectivity index (χ1) is 12.4. The Balaban J connectivity index is 2.01. The molecule has 0 unspecified atom stereocenters. The maximum atomic E-state index is 14.2. The van der Waals surface area contributed by atoms with Gasteiger partial charge in [-0.25, -0.2) is 17.9 Å². The largest absolute Gasteiger partial charge is 0.485 e. The molecule has 0 radical (unpaired) electrons. The number of benzene rings is 1. The van der Waals surface area contributed by atoms with Crippen LogP contribution in [-0.4, -0.2) is 28.7 Å². The summed E-state index contributed by atoms with van der Waals surface area (Å²) in [4.78, 5) is 12.0. The van der Waals surface area contributed by atoms with Gasteiger partial charge in [-0.05, 0) is 12.1 Å². The molecular formula is C15H8ClF7N2O2. The second-order valence-electron chi connectivity index (χ2n) is 5.72. The van der Waals surface area contributed by atoms with Crippen LogP contribution in [0.3, 0.4) is 0 Å². The molecule has 0 fully saturated rings. The molecule has 3 rings (SSSR count). The van der Waals surface area contributed by atoms with Crippen molar-refractivity contribution in [1.29, 1.82) is 0 Å². The normalized spacial score (nSPS) is 15.4. The summed E-state index contributed by atoms with van der Waals surface area (Å²) in [5.74, 6) is -6.32. The Morgan fingerprint density at radius 1 is 1.30 bits per heavy atom. The summed E-state index contributed by atoms with van der Waals surface area (Å²) in [6.07, 6.45) is -4.73. The summed E-state index contributed by atoms with van der Waals surface area (Å²) < 4.78 is 96.1. The lowest BCUT2D eigenvalue weighted by molar-refractivity contribution is -0.148. The fourth-order valence-corrected chi connectivity index (χ4v) is 2.55. The molecule has 0 saturated carbocycles. The molecule has 1 aliphatic heterocycles. The lowest BCUT2D eigenvalue weighted by Crippen LogP contribution is -2.43. The number of aromatic nitrogens is 2. The number of ether oxygens (including phenoxy) is 1. The Hall–Kier alpha value is -2.30. The van der Waals surface area contributed by atoms with Gasteiger partial charge in [0.1, 0.15) is 17.3 Å². The van der Waals surface area contributed by atoms with Crippen LogP contribution in [0, 0.1) is 5.82 Å². The highest BCUT2D eigenvalue weighted by Crippen LogP contribution is 2.37. The summed E-state index contributed by atoms with van der Waals surface area (Å²) in [7, 11) is 0. The molecule has 4 nitrogen and oxygen atoms in total. The minimum absolute atomic E-state index is 0.0730. The average Bonchev–Trinajstić information content (AvgIpc) is 2.54. The third-order valence-electron chi connectivity index (χ3n) is 3.72. The van der Waals surface area contributed by atoms with Crippen LogP contribution in [0.2, 0.25) is 5.02 Å². The van der Waals surface area contributed by atoms with Crippen LogP contribution in [-0.2, 0) is 12.5 Å². The number of halogens is 8. The molecule has 0 atom stereocenters. The van der Waals surface area contributed by atoms with Gasteiger partial charge in [0.2, 0.25) is 5.43 Å². The first-order valence-electron chi connectivity index (χ1n) is 7.22. The second kappa shape index (κ2) is 6.39. The topological polar surface area (TPSA) is 44.1 Å². The highest BCUT2D eigenvalue weighted by Gasteiger charge is 2.45. The number of rotatable bonds is 5. The predicted octanol–water partition coefficient (Wildman–Crippen LogP) is 4.09. The standard InChI is InChI=1S/C15H8ClF7N2O2/c16-8-3-9(17)7(2-11(8)27-5-14(20,21)13(18)19)12-10(26)1-6-4-15(22,23)25(6)24-12/h1-3,13H,4-5H2. The maximum Gasteiger partial charge on any atom is 0.349 e. The third-order valence-corrected chi connectivity index (χ3v) is 4.02. The van der Waals surface area contributed by atoms with Crippen LogP contribution < -0.4 is 10.2 Å². The molecule has 12 heteroatoms. The van der Waals surface area contributed by atoms with E-state index in [1.54, 1.807) is 0 Å². The molecule has 2 aromatic rings. The van der Waals surface area contributed by atoms with Crippen LogP contribution in [0.25, 0.3) is 11.3 Å². The third kappa shape index (κ3) is 3.47. The van der Waals surface area contributed by atoms with Gasteiger partial charge in [0.15, 0.2) is 6.61 Å². The van der Waals surface area contributed by atoms with Crippen LogP contribution >= 0.6 is 11.6 Å². The van der Waals surface area contributed by atoms with E-state index in [2.05, 4.69) is 9.84 Å². The van der Waals surface area contributed by atoms with Crippen molar-refractivity contribution in [3.63, 3.8) is 0 Å². The first kappa shape index (κ1) is 19.5. The van der Waals surface area contributed by atoms with Crippen LogP contribution in [0.1, 0.15) is 5.69 Å². The molecule has 2 heterocycles. The van der Waals surface area contributed by atoms with E-state index in [9.17, 15) is 35.5 Å². The highest BCUT2D eigenvalue weighted by molar-refractivity contribution is 6.32. The minimum atomic E-state index is -4.51. The van der Waals surface area contributed by atoms with E-state index in [4.69, 9.17) is 11.6 Å². The molecule has 0 spiro atoms. The fourth-order valence-electron chi connectivity index (χ4n) is 2.35. The van der Waals surface area contributed by atoms with Crippen molar-refractivity contribution in [2.75, 3.05) is 6.61 Å². The number of hydrogen-bond acceptors (Lipinski definition) is 3. The summed E-state index contributed by atoms with van der Waals surface area (Å²) in [5.41, 5.74) is -2.37. The van der Waals surface area contributed by atoms with Crippen molar-refractivity contribution >= 4 is 11.6 Å². The van der Waals surface area contributed by atoms with Gasteiger partial charge in [-0.3, -0.25) is 4.79 Å². The van der Waals surface area contributed by atoms with Crippen LogP contribution in [0.4, 0.5) is 30.7 Å². The molecular weight excluding hydrogens is 409 g/mol. The average molecular weight is 417 g/mol. The molecule has 0 amide bonds. The molecule has 27 heavy (non-hydrogen) atoms. The number of alkyl halides is 6. The Labute approximate surface area is 151 Å². The Kier molecular flexibility index (Phi) is 4.61. The van der Waals surface area contributed by atoms with Gasteiger partial charge in [0.05, 0.1) is 17.1 Å². The lowest BCUT2D eigenvalue weighted by atomic mass is 10.1. The smallest absolute Gasteiger partial charge is 0.349 e. The molecule has 146 valence electrons. The van der Waals surface area contributed by atoms with Crippen molar-refractivity contribution in [2.24, 2.45) is 0 Å². The van der Waals surface area contributed by atoms with E-state index in [1.807, 2.05) is 0 Å². The van der Waals surface area contributed by atoms with E-state index in [0.29, 0.717) is 12.1 Å². The van der Waals surface area contributed by atoms with Gasteiger partial charge >= 0.3 is 18.4 Å². The zero-order valence-electron chi connectivity index (χ0n) is 13.0. The van der Waals surface area contributed by atoms with Crippen LogP contribution in [0.5, 0.6) is 5.75 Å². The van der Waals surface area contributed by atoms with Gasteiger partial charge in [0.25, 0.3) is 0 Å². The lowest BCUT2D eigenvalue weighted by Gasteiger charge is -2.31. The second-order valence-corrected chi connectivity index (χ2v) is 6.12. The first-order valence-corrected chi connectivity index (χ1v) is 7.60. The molecule has 0 aliphatic carbocycles. The Bertz CT molecular complexity index is 962. The number of fused-ring (bicyclic) bond motifs is 1. The molecule has 0 saturated heterocycles. The van der Waals surface area contributed by atoms with Gasteiger partial charge in [-0.2, -0.15) is 22.7 Å². The maximum absolute atomic E-state index is 14.2. The zero-order valence-corrected chi connectivity index (χ0v) is 13.7. The summed E-state index contributed by atoms with van der Waals surface area (Å²) in [6, 6.07) is -1.30. The van der Waals surface area contributed by atoms with Gasteiger partial charge in [0, 0.05) is 11.6 Å². The quantitative estimate of drug-likeness (QED) is 0.690. The summed E-state index contributed by atoms with van der Waals surface area (Å²) >= 11 is 5.63. The van der Waals surface area contributed by atoms with E-state index < -0.39 is 64.7 Å². The monoisotopic (exact) mass is 416 g/mol. The van der Waals surface area contributed by atoms with E-state index in [0.717, 1.165) is 6.07 Å². The Morgan fingerprint density at radius 2 is 1.96 bits per heavy atom. The van der Waals surface area contributed by atoms with Gasteiger partial charge < -0.3 is 4.74 Å². The summed E-state index contributed by atoms with van der Waals surface area (Å²) in [6.45, 7) is -1.77. The minimum Gasteiger partial charge on any atom is -0.485 e. The molecule has 1 aliphatic rings. The highest BCUT2D eigenvalue weighted by atomic mass is 35.5. The zero-order chi connectivity index (χ0) is 20.1. The van der Waals surface area contributed by atoms with Gasteiger partial charge in [-0.1, -0.05) is 11.6 Å². The molecule has 0 bridgehead atoms. The van der Waals surface area contributed by atoms with Crippen molar-refractivity contribution in [3.8, 4) is 17.0 Å². The SMILES string of the molecule is O=c1cc2n(nc1-c1cc(OCC(F)(F)C(F)F)c(Cl)cc1F)C(F)(F)C2. The van der Waals surface area contributed by atoms with Crippen LogP contribution in [0.15, 0.2) is 23.0 Å². The molecule has 0 N–H and O–H groups in total. The van der Waals surface area contributed by atoms with Gasteiger partial charge in [-0.15, -0.1) is 0 Å². The molecule has 1 aromatic heterocycles. The Morgan fingerprint density at radius 3 is 2.56 bits per heavy atom. The van der Waals surface area contributed by atoms with Crippen molar-refractivity contribution in [2.45, 2.75) is 24.8 Å². The van der Waals surface area contributed by atoms with Crippen molar-refractivity contribution in [1.82, 2.24) is 9.78 Å². The van der Waals surface area contributed by atoms with Crippen molar-refractivity contribution < 1.29 is 35.5 Å². The fraction of sp³-hybridized carbons (Fsp3) is 0.333. The number of hydrogen-bond donors (Lipinski definition) is 0. The molecule has 1 aromatic carbocycles. The predicted molar refractivity (Wildman–Crippen MR) is 79.2 cm³/mol. The van der Waals surface area contributed by atoms with E-state index in [1.165, 1.54) is 0 Å².